The van der Waals surface area contributed by atoms with Crippen molar-refractivity contribution in [1.29, 1.82) is 0 Å². The maximum Gasteiger partial charge on any atom is 1.00 e. The molecule has 0 radical (unpaired) electrons. The second-order valence-corrected chi connectivity index (χ2v) is 6.41. The number of hydrogen-bond acceptors (Lipinski definition) is 7. The van der Waals surface area contributed by atoms with Crippen LogP contribution < -0.4 is 39.0 Å². The van der Waals surface area contributed by atoms with Crippen LogP contribution in [-0.4, -0.2) is 19.5 Å². The molecule has 0 spiro atoms. The van der Waals surface area contributed by atoms with Gasteiger partial charge in [0.25, 0.3) is 0 Å². The van der Waals surface area contributed by atoms with E-state index < -0.39 is 10.1 Å². The minimum atomic E-state index is -3.59. The van der Waals surface area contributed by atoms with Crippen molar-refractivity contribution < 1.29 is 56.8 Å². The van der Waals surface area contributed by atoms with Crippen molar-refractivity contribution in [1.82, 2.24) is 0 Å². The number of halogens is 1. The van der Waals surface area contributed by atoms with Crippen LogP contribution in [0.25, 0.3) is 0 Å². The Morgan fingerprint density at radius 3 is 2.63 bits per heavy atom. The zero-order chi connectivity index (χ0) is 13.6. The summed E-state index contributed by atoms with van der Waals surface area (Å²) >= 11 is 3.77. The Labute approximate surface area is 146 Å². The van der Waals surface area contributed by atoms with E-state index in [-0.39, 0.29) is 41.1 Å². The predicted molar refractivity (Wildman–Crippen MR) is 67.4 cm³/mol. The molecule has 0 aliphatic rings. The Balaban J connectivity index is 0.00000324. The number of alkyl halides is 1. The minimum absolute atomic E-state index is 0. The first-order valence-electron chi connectivity index (χ1n) is 4.70. The van der Waals surface area contributed by atoms with Crippen molar-refractivity contribution in [2.45, 2.75) is 11.8 Å². The quantitative estimate of drug-likeness (QED) is 0.140. The molecule has 0 amide bonds. The Hall–Kier alpha value is 0.680. The van der Waals surface area contributed by atoms with Crippen molar-refractivity contribution in [3.05, 3.63) is 23.8 Å². The summed E-state index contributed by atoms with van der Waals surface area (Å²) in [7, 11) is -3.59. The van der Waals surface area contributed by atoms with Crippen molar-refractivity contribution in [2.24, 2.45) is 0 Å². The summed E-state index contributed by atoms with van der Waals surface area (Å²) in [6.07, 6.45) is 0. The van der Waals surface area contributed by atoms with Gasteiger partial charge in [-0.25, -0.2) is 0 Å². The van der Waals surface area contributed by atoms with Gasteiger partial charge in [0.2, 0.25) is 0 Å². The number of aryl methyl sites for hydroxylation is 1. The molecule has 6 nitrogen and oxygen atoms in total. The smallest absolute Gasteiger partial charge is 0.691 e. The fraction of sp³-hybridized carbons (Fsp3) is 0.333. The molecule has 1 rings (SSSR count). The van der Waals surface area contributed by atoms with Gasteiger partial charge in [0.15, 0.2) is 0 Å². The van der Waals surface area contributed by atoms with Gasteiger partial charge < -0.3 is 9.44 Å². The third-order valence-electron chi connectivity index (χ3n) is 1.85. The summed E-state index contributed by atoms with van der Waals surface area (Å²) in [6.45, 7) is 1.72. The van der Waals surface area contributed by atoms with Gasteiger partial charge in [0.05, 0.1) is 17.8 Å². The fourth-order valence-electron chi connectivity index (χ4n) is 1.10. The molecule has 19 heavy (non-hydrogen) atoms. The normalized spacial score (nSPS) is 10.9. The topological polar surface area (TPSA) is 84.9 Å². The maximum atomic E-state index is 11.4. The van der Waals surface area contributed by atoms with Crippen LogP contribution in [-0.2, 0) is 19.5 Å². The van der Waals surface area contributed by atoms with Crippen molar-refractivity contribution in [3.63, 3.8) is 0 Å². The predicted octanol–water partition coefficient (Wildman–Crippen LogP) is -1.67. The molecule has 0 heterocycles. The van der Waals surface area contributed by atoms with E-state index in [4.69, 9.17) is 4.18 Å². The second kappa shape index (κ2) is 9.59. The summed E-state index contributed by atoms with van der Waals surface area (Å²) in [5, 5.41) is 13.2. The van der Waals surface area contributed by atoms with Gasteiger partial charge in [0, 0.05) is 10.2 Å². The Bertz CT molecular complexity index is 495. The summed E-state index contributed by atoms with van der Waals surface area (Å²) in [4.78, 5) is 0.621. The van der Waals surface area contributed by atoms with E-state index in [1.54, 1.807) is 13.0 Å². The zero-order valence-electron chi connectivity index (χ0n) is 10.3. The van der Waals surface area contributed by atoms with E-state index in [1.165, 1.54) is 12.1 Å². The van der Waals surface area contributed by atoms with Crippen LogP contribution >= 0.6 is 28.0 Å². The molecule has 0 aliphatic carbocycles. The largest absolute Gasteiger partial charge is 1.00 e. The van der Waals surface area contributed by atoms with Gasteiger partial charge in [-0.2, -0.15) is 12.8 Å². The maximum absolute atomic E-state index is 11.4. The van der Waals surface area contributed by atoms with Gasteiger partial charge >= 0.3 is 39.7 Å². The monoisotopic (exact) mass is 380 g/mol. The van der Waals surface area contributed by atoms with Gasteiger partial charge in [-0.05, 0) is 30.7 Å². The van der Waals surface area contributed by atoms with E-state index in [2.05, 4.69) is 25.3 Å². The van der Waals surface area contributed by atoms with Crippen LogP contribution in [0, 0.1) is 6.92 Å². The van der Waals surface area contributed by atoms with E-state index in [9.17, 15) is 13.7 Å². The molecule has 0 aromatic heterocycles. The van der Waals surface area contributed by atoms with Crippen LogP contribution in [0.4, 0.5) is 0 Å². The SMILES string of the molecule is Cc1cc(OS(=O)(=O)CCBr)ccc1SOO[O-].[Na+]. The molecule has 0 N–H and O–H groups in total. The number of hydrogen-bond donors (Lipinski definition) is 0. The molecule has 10 heteroatoms. The molecule has 102 valence electrons. The van der Waals surface area contributed by atoms with Crippen LogP contribution in [0.5, 0.6) is 5.75 Å². The summed E-state index contributed by atoms with van der Waals surface area (Å²) in [5.74, 6) is 0.0937. The Morgan fingerprint density at radius 1 is 1.42 bits per heavy atom. The fourth-order valence-corrected chi connectivity index (χ4v) is 3.37. The third-order valence-corrected chi connectivity index (χ3v) is 4.68. The Kier molecular flexibility index (Phi) is 9.93. The third kappa shape index (κ3) is 7.30. The summed E-state index contributed by atoms with van der Waals surface area (Å²) in [5.41, 5.74) is 0.698. The molecule has 0 saturated heterocycles. The zero-order valence-corrected chi connectivity index (χ0v) is 15.5. The molecular formula is C9H10BrNaO6S2. The summed E-state index contributed by atoms with van der Waals surface area (Å²) < 4.78 is 31.9. The van der Waals surface area contributed by atoms with E-state index in [1.807, 2.05) is 0 Å². The molecular weight excluding hydrogens is 371 g/mol. The molecule has 0 aliphatic heterocycles. The molecule has 0 saturated carbocycles. The van der Waals surface area contributed by atoms with Gasteiger partial charge in [0.1, 0.15) is 5.75 Å². The molecule has 1 aromatic rings. The standard InChI is InChI=1S/C9H11BrO6S2.Na/c1-7-6-8(14-18(12,13)5-4-10)2-3-9(7)17-16-15-11;/h2-3,6,11H,4-5H2,1H3;/q;+1/p-1. The first-order chi connectivity index (χ1) is 8.48. The molecule has 0 bridgehead atoms. The van der Waals surface area contributed by atoms with Crippen LogP contribution in [0.3, 0.4) is 0 Å². The second-order valence-electron chi connectivity index (χ2n) is 3.18. The average Bonchev–Trinajstić information content (AvgIpc) is 2.27. The number of benzene rings is 1. The minimum Gasteiger partial charge on any atom is -0.691 e. The van der Waals surface area contributed by atoms with Crippen molar-refractivity contribution in [3.8, 4) is 5.75 Å². The van der Waals surface area contributed by atoms with Gasteiger partial charge in [-0.3, -0.25) is 5.04 Å². The van der Waals surface area contributed by atoms with Crippen LogP contribution in [0.1, 0.15) is 5.56 Å². The van der Waals surface area contributed by atoms with E-state index in [0.717, 1.165) is 12.0 Å². The van der Waals surface area contributed by atoms with Gasteiger partial charge in [-0.1, -0.05) is 15.9 Å². The van der Waals surface area contributed by atoms with Crippen LogP contribution in [0.15, 0.2) is 23.1 Å². The van der Waals surface area contributed by atoms with E-state index >= 15 is 0 Å². The first-order valence-corrected chi connectivity index (χ1v) is 8.14. The molecule has 0 unspecified atom stereocenters. The molecule has 0 atom stereocenters. The summed E-state index contributed by atoms with van der Waals surface area (Å²) in [6, 6.07) is 4.57. The first kappa shape index (κ1) is 19.7. The van der Waals surface area contributed by atoms with Crippen LogP contribution in [0.2, 0.25) is 0 Å². The molecule has 1 aromatic carbocycles. The average molecular weight is 381 g/mol. The van der Waals surface area contributed by atoms with E-state index in [0.29, 0.717) is 15.8 Å². The number of rotatable bonds is 7. The molecule has 0 fully saturated rings. The van der Waals surface area contributed by atoms with Crippen molar-refractivity contribution >= 4 is 38.1 Å². The van der Waals surface area contributed by atoms with Crippen molar-refractivity contribution in [2.75, 3.05) is 11.1 Å². The Morgan fingerprint density at radius 2 is 2.11 bits per heavy atom. The van der Waals surface area contributed by atoms with Gasteiger partial charge in [-0.15, -0.1) is 0 Å².